The number of anilines is 1. The van der Waals surface area contributed by atoms with Gasteiger partial charge in [-0.3, -0.25) is 14.9 Å². The Kier molecular flexibility index (Phi) is 7.53. The van der Waals surface area contributed by atoms with Gasteiger partial charge in [-0.25, -0.2) is 9.18 Å². The van der Waals surface area contributed by atoms with Gasteiger partial charge < -0.3 is 19.5 Å². The maximum Gasteiger partial charge on any atom is 0.338 e. The van der Waals surface area contributed by atoms with Crippen molar-refractivity contribution in [1.82, 2.24) is 0 Å². The molecule has 170 valence electrons. The molecule has 0 atom stereocenters. The van der Waals surface area contributed by atoms with E-state index < -0.39 is 23.4 Å². The first kappa shape index (κ1) is 23.2. The molecule has 3 aromatic carbocycles. The van der Waals surface area contributed by atoms with Gasteiger partial charge in [-0.1, -0.05) is 18.2 Å². The molecular formula is C23H19FN2O7. The van der Waals surface area contributed by atoms with E-state index in [-0.39, 0.29) is 35.1 Å². The molecule has 1 amide bonds. The van der Waals surface area contributed by atoms with E-state index in [2.05, 4.69) is 5.32 Å². The smallest absolute Gasteiger partial charge is 0.338 e. The molecule has 0 aliphatic carbocycles. The normalized spacial score (nSPS) is 10.2. The highest BCUT2D eigenvalue weighted by Gasteiger charge is 2.18. The predicted octanol–water partition coefficient (Wildman–Crippen LogP) is 4.12. The molecule has 0 radical (unpaired) electrons. The van der Waals surface area contributed by atoms with Gasteiger partial charge in [0.25, 0.3) is 11.6 Å². The zero-order valence-electron chi connectivity index (χ0n) is 17.4. The highest BCUT2D eigenvalue weighted by atomic mass is 19.1. The summed E-state index contributed by atoms with van der Waals surface area (Å²) in [4.78, 5) is 35.0. The Morgan fingerprint density at radius 3 is 2.48 bits per heavy atom. The van der Waals surface area contributed by atoms with Crippen molar-refractivity contribution >= 4 is 23.3 Å². The number of hydrogen-bond acceptors (Lipinski definition) is 7. The summed E-state index contributed by atoms with van der Waals surface area (Å²) in [5.74, 6) is -1.24. The minimum absolute atomic E-state index is 0.0574. The number of methoxy groups -OCH3 is 1. The third-order valence-electron chi connectivity index (χ3n) is 4.40. The van der Waals surface area contributed by atoms with Gasteiger partial charge in [0.05, 0.1) is 23.7 Å². The summed E-state index contributed by atoms with van der Waals surface area (Å²) in [7, 11) is 1.36. The number of nitrogens with zero attached hydrogens (tertiary/aromatic N) is 1. The molecule has 0 saturated carbocycles. The second-order valence-electron chi connectivity index (χ2n) is 6.71. The van der Waals surface area contributed by atoms with E-state index in [0.29, 0.717) is 5.75 Å². The Morgan fingerprint density at radius 1 is 1.03 bits per heavy atom. The summed E-state index contributed by atoms with van der Waals surface area (Å²) in [5.41, 5.74) is 0.474. The molecule has 3 aromatic rings. The van der Waals surface area contributed by atoms with Gasteiger partial charge in [-0.15, -0.1) is 0 Å². The van der Waals surface area contributed by atoms with Crippen LogP contribution >= 0.6 is 0 Å². The van der Waals surface area contributed by atoms with Crippen molar-refractivity contribution in [3.63, 3.8) is 0 Å². The SMILES string of the molecule is COc1ccc(NC(=O)COC(=O)c2cccc(OCc3ccc(F)cc3)c2)c([N+](=O)[O-])c1. The molecule has 0 aliphatic rings. The van der Waals surface area contributed by atoms with Crippen LogP contribution < -0.4 is 14.8 Å². The quantitative estimate of drug-likeness (QED) is 0.294. The number of esters is 1. The maximum absolute atomic E-state index is 13.0. The molecule has 33 heavy (non-hydrogen) atoms. The van der Waals surface area contributed by atoms with E-state index in [1.807, 2.05) is 0 Å². The second-order valence-corrected chi connectivity index (χ2v) is 6.71. The minimum atomic E-state index is -0.776. The van der Waals surface area contributed by atoms with Crippen LogP contribution in [0.4, 0.5) is 15.8 Å². The Balaban J connectivity index is 1.56. The molecule has 0 aliphatic heterocycles. The molecule has 0 unspecified atom stereocenters. The van der Waals surface area contributed by atoms with Crippen LogP contribution in [0, 0.1) is 15.9 Å². The Hall–Kier alpha value is -4.47. The van der Waals surface area contributed by atoms with Crippen LogP contribution in [-0.4, -0.2) is 30.5 Å². The zero-order valence-corrected chi connectivity index (χ0v) is 17.4. The average Bonchev–Trinajstić information content (AvgIpc) is 2.82. The highest BCUT2D eigenvalue weighted by molar-refractivity contribution is 5.97. The van der Waals surface area contributed by atoms with E-state index in [9.17, 15) is 24.1 Å². The number of nitrogens with one attached hydrogen (secondary N) is 1. The number of halogens is 1. The topological polar surface area (TPSA) is 117 Å². The number of hydrogen-bond donors (Lipinski definition) is 1. The summed E-state index contributed by atoms with van der Waals surface area (Å²) in [6.07, 6.45) is 0. The van der Waals surface area contributed by atoms with Crippen molar-refractivity contribution in [1.29, 1.82) is 0 Å². The Labute approximate surface area is 187 Å². The summed E-state index contributed by atoms with van der Waals surface area (Å²) >= 11 is 0. The molecule has 0 spiro atoms. The van der Waals surface area contributed by atoms with Crippen LogP contribution in [0.2, 0.25) is 0 Å². The third kappa shape index (κ3) is 6.50. The number of nitro benzene ring substituents is 1. The molecule has 10 heteroatoms. The van der Waals surface area contributed by atoms with Gasteiger partial charge in [-0.2, -0.15) is 0 Å². The van der Waals surface area contributed by atoms with E-state index in [1.165, 1.54) is 49.6 Å². The highest BCUT2D eigenvalue weighted by Crippen LogP contribution is 2.28. The standard InChI is InChI=1S/C23H19FN2O7/c1-31-18-9-10-20(21(12-18)26(29)30)25-22(27)14-33-23(28)16-3-2-4-19(11-16)32-13-15-5-7-17(24)8-6-15/h2-12H,13-14H2,1H3,(H,25,27). The molecule has 9 nitrogen and oxygen atoms in total. The summed E-state index contributed by atoms with van der Waals surface area (Å²) in [6, 6.07) is 15.9. The number of carbonyl (C=O) groups excluding carboxylic acids is 2. The van der Waals surface area contributed by atoms with Crippen LogP contribution in [-0.2, 0) is 16.1 Å². The summed E-state index contributed by atoms with van der Waals surface area (Å²) in [5, 5.41) is 13.5. The van der Waals surface area contributed by atoms with Gasteiger partial charge in [0.15, 0.2) is 6.61 Å². The number of ether oxygens (including phenoxy) is 3. The van der Waals surface area contributed by atoms with Gasteiger partial charge in [0, 0.05) is 0 Å². The van der Waals surface area contributed by atoms with Crippen LogP contribution in [0.3, 0.4) is 0 Å². The Morgan fingerprint density at radius 2 is 1.79 bits per heavy atom. The number of carbonyl (C=O) groups is 2. The fourth-order valence-corrected chi connectivity index (χ4v) is 2.76. The van der Waals surface area contributed by atoms with Crippen LogP contribution in [0.1, 0.15) is 15.9 Å². The lowest BCUT2D eigenvalue weighted by molar-refractivity contribution is -0.384. The fraction of sp³-hybridized carbons (Fsp3) is 0.130. The lowest BCUT2D eigenvalue weighted by Crippen LogP contribution is -2.21. The predicted molar refractivity (Wildman–Crippen MR) is 116 cm³/mol. The van der Waals surface area contributed by atoms with E-state index >= 15 is 0 Å². The minimum Gasteiger partial charge on any atom is -0.496 e. The molecule has 0 fully saturated rings. The first-order chi connectivity index (χ1) is 15.9. The molecule has 0 saturated heterocycles. The molecule has 1 N–H and O–H groups in total. The van der Waals surface area contributed by atoms with Gasteiger partial charge in [0.1, 0.15) is 29.6 Å². The second kappa shape index (κ2) is 10.7. The Bertz CT molecular complexity index is 1170. The van der Waals surface area contributed by atoms with E-state index in [0.717, 1.165) is 5.56 Å². The monoisotopic (exact) mass is 454 g/mol. The first-order valence-corrected chi connectivity index (χ1v) is 9.62. The first-order valence-electron chi connectivity index (χ1n) is 9.62. The van der Waals surface area contributed by atoms with Crippen LogP contribution in [0.15, 0.2) is 66.7 Å². The van der Waals surface area contributed by atoms with Crippen molar-refractivity contribution in [2.75, 3.05) is 19.0 Å². The summed E-state index contributed by atoms with van der Waals surface area (Å²) < 4.78 is 28.5. The van der Waals surface area contributed by atoms with Crippen molar-refractivity contribution in [2.24, 2.45) is 0 Å². The third-order valence-corrected chi connectivity index (χ3v) is 4.40. The van der Waals surface area contributed by atoms with Crippen molar-refractivity contribution in [3.05, 3.63) is 93.8 Å². The largest absolute Gasteiger partial charge is 0.496 e. The van der Waals surface area contributed by atoms with Crippen LogP contribution in [0.5, 0.6) is 11.5 Å². The van der Waals surface area contributed by atoms with E-state index in [1.54, 1.807) is 24.3 Å². The molecule has 0 aromatic heterocycles. The summed E-state index contributed by atoms with van der Waals surface area (Å²) in [6.45, 7) is -0.482. The van der Waals surface area contributed by atoms with Gasteiger partial charge >= 0.3 is 5.97 Å². The number of benzene rings is 3. The number of nitro groups is 1. The molecule has 0 heterocycles. The molecular weight excluding hydrogens is 435 g/mol. The van der Waals surface area contributed by atoms with Crippen molar-refractivity contribution in [3.8, 4) is 11.5 Å². The van der Waals surface area contributed by atoms with E-state index in [4.69, 9.17) is 14.2 Å². The molecule has 0 bridgehead atoms. The number of rotatable bonds is 9. The fourth-order valence-electron chi connectivity index (χ4n) is 2.76. The maximum atomic E-state index is 13.0. The lowest BCUT2D eigenvalue weighted by atomic mass is 10.2. The van der Waals surface area contributed by atoms with Crippen molar-refractivity contribution < 1.29 is 33.1 Å². The van der Waals surface area contributed by atoms with Gasteiger partial charge in [0.2, 0.25) is 0 Å². The average molecular weight is 454 g/mol. The van der Waals surface area contributed by atoms with Crippen molar-refractivity contribution in [2.45, 2.75) is 6.61 Å². The zero-order chi connectivity index (χ0) is 23.8. The van der Waals surface area contributed by atoms with Crippen LogP contribution in [0.25, 0.3) is 0 Å². The van der Waals surface area contributed by atoms with Gasteiger partial charge in [-0.05, 0) is 48.0 Å². The lowest BCUT2D eigenvalue weighted by Gasteiger charge is -2.10. The number of amides is 1. The molecule has 3 rings (SSSR count).